The fourth-order valence-corrected chi connectivity index (χ4v) is 2.53. The molecule has 1 amide bonds. The summed E-state index contributed by atoms with van der Waals surface area (Å²) in [5.41, 5.74) is 1.29. The number of nitrogens with zero attached hydrogens (tertiary/aromatic N) is 2. The number of hydrogen-bond donors (Lipinski definition) is 1. The molecule has 1 aliphatic rings. The molecule has 0 aromatic carbocycles. The first kappa shape index (κ1) is 18.1. The lowest BCUT2D eigenvalue weighted by molar-refractivity contribution is 0.0949. The summed E-state index contributed by atoms with van der Waals surface area (Å²) in [6.07, 6.45) is 4.08. The van der Waals surface area contributed by atoms with Gasteiger partial charge in [0.15, 0.2) is 0 Å². The van der Waals surface area contributed by atoms with Crippen LogP contribution in [0.5, 0.6) is 11.8 Å². The van der Waals surface area contributed by atoms with Gasteiger partial charge in [-0.3, -0.25) is 4.79 Å². The quantitative estimate of drug-likeness (QED) is 0.819. The number of hydrogen-bond acceptors (Lipinski definition) is 6. The molecule has 1 saturated heterocycles. The molecule has 3 rings (SSSR count). The van der Waals surface area contributed by atoms with Crippen molar-refractivity contribution in [2.24, 2.45) is 0 Å². The zero-order valence-corrected chi connectivity index (χ0v) is 15.0. The molecule has 1 N–H and O–H groups in total. The van der Waals surface area contributed by atoms with Crippen LogP contribution in [0, 0.1) is 0 Å². The van der Waals surface area contributed by atoms with Crippen molar-refractivity contribution >= 4 is 5.91 Å². The largest absolute Gasteiger partial charge is 0.475 e. The number of amides is 1. The van der Waals surface area contributed by atoms with Gasteiger partial charge in [-0.25, -0.2) is 9.97 Å². The average molecular weight is 357 g/mol. The normalized spacial score (nSPS) is 16.5. The zero-order chi connectivity index (χ0) is 18.4. The predicted molar refractivity (Wildman–Crippen MR) is 95.3 cm³/mol. The van der Waals surface area contributed by atoms with Gasteiger partial charge in [0, 0.05) is 37.0 Å². The summed E-state index contributed by atoms with van der Waals surface area (Å²) >= 11 is 0. The molecule has 3 heterocycles. The molecular formula is C19H23N3O4. The van der Waals surface area contributed by atoms with Crippen LogP contribution in [0.3, 0.4) is 0 Å². The standard InChI is InChI=1S/C19H23N3O4/c1-13(2)25-19-15(4-3-8-20-19)11-22-18(23)14-5-6-17(21-10-14)26-16-7-9-24-12-16/h3-6,8,10,13,16H,7,9,11-12H2,1-2H3,(H,22,23). The van der Waals surface area contributed by atoms with Crippen LogP contribution in [0.1, 0.15) is 36.2 Å². The predicted octanol–water partition coefficient (Wildman–Crippen LogP) is 2.36. The minimum Gasteiger partial charge on any atom is -0.475 e. The van der Waals surface area contributed by atoms with Gasteiger partial charge in [0.2, 0.25) is 11.8 Å². The Morgan fingerprint density at radius 3 is 2.92 bits per heavy atom. The van der Waals surface area contributed by atoms with Crippen LogP contribution in [0.4, 0.5) is 0 Å². The topological polar surface area (TPSA) is 82.6 Å². The summed E-state index contributed by atoms with van der Waals surface area (Å²) < 4.78 is 16.6. The van der Waals surface area contributed by atoms with Crippen LogP contribution in [0.25, 0.3) is 0 Å². The number of carbonyl (C=O) groups excluding carboxylic acids is 1. The second-order valence-corrected chi connectivity index (χ2v) is 6.31. The first-order valence-corrected chi connectivity index (χ1v) is 8.71. The van der Waals surface area contributed by atoms with Gasteiger partial charge >= 0.3 is 0 Å². The van der Waals surface area contributed by atoms with E-state index in [1.54, 1.807) is 18.3 Å². The third-order valence-corrected chi connectivity index (χ3v) is 3.81. The number of ether oxygens (including phenoxy) is 3. The summed E-state index contributed by atoms with van der Waals surface area (Å²) in [7, 11) is 0. The van der Waals surface area contributed by atoms with Gasteiger partial charge in [0.05, 0.1) is 24.9 Å². The highest BCUT2D eigenvalue weighted by molar-refractivity contribution is 5.93. The van der Waals surface area contributed by atoms with Gasteiger partial charge in [0.25, 0.3) is 5.91 Å². The molecule has 2 aromatic rings. The second kappa shape index (κ2) is 8.62. The summed E-state index contributed by atoms with van der Waals surface area (Å²) in [6, 6.07) is 7.09. The van der Waals surface area contributed by atoms with Crippen molar-refractivity contribution < 1.29 is 19.0 Å². The summed E-state index contributed by atoms with van der Waals surface area (Å²) in [6.45, 7) is 5.48. The Balaban J connectivity index is 1.56. The van der Waals surface area contributed by atoms with Gasteiger partial charge in [0.1, 0.15) is 6.10 Å². The van der Waals surface area contributed by atoms with E-state index >= 15 is 0 Å². The molecule has 138 valence electrons. The van der Waals surface area contributed by atoms with Gasteiger partial charge in [-0.2, -0.15) is 0 Å². The van der Waals surface area contributed by atoms with E-state index in [0.717, 1.165) is 12.0 Å². The molecule has 1 aliphatic heterocycles. The van der Waals surface area contributed by atoms with Crippen LogP contribution < -0.4 is 14.8 Å². The first-order chi connectivity index (χ1) is 12.6. The highest BCUT2D eigenvalue weighted by Gasteiger charge is 2.18. The van der Waals surface area contributed by atoms with Crippen molar-refractivity contribution in [1.82, 2.24) is 15.3 Å². The number of rotatable bonds is 7. The Kier molecular flexibility index (Phi) is 6.01. The van der Waals surface area contributed by atoms with Gasteiger partial charge in [-0.1, -0.05) is 6.07 Å². The van der Waals surface area contributed by atoms with E-state index in [9.17, 15) is 4.79 Å². The van der Waals surface area contributed by atoms with Crippen molar-refractivity contribution in [2.45, 2.75) is 39.0 Å². The lowest BCUT2D eigenvalue weighted by Crippen LogP contribution is -2.24. The molecule has 0 bridgehead atoms. The van der Waals surface area contributed by atoms with E-state index in [1.807, 2.05) is 26.0 Å². The molecule has 2 aromatic heterocycles. The van der Waals surface area contributed by atoms with E-state index in [2.05, 4.69) is 15.3 Å². The van der Waals surface area contributed by atoms with E-state index in [4.69, 9.17) is 14.2 Å². The molecule has 1 fully saturated rings. The molecule has 0 radical (unpaired) electrons. The molecule has 0 saturated carbocycles. The molecular weight excluding hydrogens is 334 g/mol. The van der Waals surface area contributed by atoms with E-state index < -0.39 is 0 Å². The number of carbonyl (C=O) groups is 1. The van der Waals surface area contributed by atoms with Crippen molar-refractivity contribution in [3.8, 4) is 11.8 Å². The molecule has 0 aliphatic carbocycles. The van der Waals surface area contributed by atoms with Crippen LogP contribution >= 0.6 is 0 Å². The number of pyridine rings is 2. The second-order valence-electron chi connectivity index (χ2n) is 6.31. The lowest BCUT2D eigenvalue weighted by atomic mass is 10.2. The van der Waals surface area contributed by atoms with Crippen LogP contribution in [-0.2, 0) is 11.3 Å². The Labute approximate surface area is 152 Å². The van der Waals surface area contributed by atoms with Gasteiger partial charge in [-0.15, -0.1) is 0 Å². The third-order valence-electron chi connectivity index (χ3n) is 3.81. The molecule has 7 nitrogen and oxygen atoms in total. The first-order valence-electron chi connectivity index (χ1n) is 8.71. The maximum Gasteiger partial charge on any atom is 0.253 e. The Morgan fingerprint density at radius 1 is 1.35 bits per heavy atom. The molecule has 0 spiro atoms. The van der Waals surface area contributed by atoms with Crippen molar-refractivity contribution in [1.29, 1.82) is 0 Å². The van der Waals surface area contributed by atoms with Crippen LogP contribution in [0.15, 0.2) is 36.7 Å². The van der Waals surface area contributed by atoms with E-state index in [0.29, 0.717) is 37.1 Å². The molecule has 7 heteroatoms. The Morgan fingerprint density at radius 2 is 2.23 bits per heavy atom. The van der Waals surface area contributed by atoms with Crippen LogP contribution in [-0.4, -0.2) is 41.3 Å². The fraction of sp³-hybridized carbons (Fsp3) is 0.421. The highest BCUT2D eigenvalue weighted by Crippen LogP contribution is 2.17. The SMILES string of the molecule is CC(C)Oc1ncccc1CNC(=O)c1ccc(OC2CCOC2)nc1. The lowest BCUT2D eigenvalue weighted by Gasteiger charge is -2.13. The maximum absolute atomic E-state index is 12.3. The number of nitrogens with one attached hydrogen (secondary N) is 1. The van der Waals surface area contributed by atoms with Gasteiger partial charge in [-0.05, 0) is 26.0 Å². The number of aromatic nitrogens is 2. The van der Waals surface area contributed by atoms with Crippen molar-refractivity contribution in [3.63, 3.8) is 0 Å². The fourth-order valence-electron chi connectivity index (χ4n) is 2.53. The zero-order valence-electron chi connectivity index (χ0n) is 15.0. The van der Waals surface area contributed by atoms with Crippen LogP contribution in [0.2, 0.25) is 0 Å². The smallest absolute Gasteiger partial charge is 0.253 e. The van der Waals surface area contributed by atoms with Crippen molar-refractivity contribution in [3.05, 3.63) is 47.8 Å². The molecule has 1 unspecified atom stereocenters. The van der Waals surface area contributed by atoms with Gasteiger partial charge < -0.3 is 19.5 Å². The highest BCUT2D eigenvalue weighted by atomic mass is 16.5. The van der Waals surface area contributed by atoms with Crippen molar-refractivity contribution in [2.75, 3.05) is 13.2 Å². The minimum absolute atomic E-state index is 0.0152. The Bertz CT molecular complexity index is 728. The average Bonchev–Trinajstić information content (AvgIpc) is 3.14. The Hall–Kier alpha value is -2.67. The summed E-state index contributed by atoms with van der Waals surface area (Å²) in [5, 5.41) is 2.86. The minimum atomic E-state index is -0.215. The van der Waals surface area contributed by atoms with E-state index in [-0.39, 0.29) is 18.1 Å². The van der Waals surface area contributed by atoms with E-state index in [1.165, 1.54) is 6.20 Å². The maximum atomic E-state index is 12.3. The monoisotopic (exact) mass is 357 g/mol. The third kappa shape index (κ3) is 4.92. The molecule has 26 heavy (non-hydrogen) atoms. The molecule has 1 atom stereocenters. The summed E-state index contributed by atoms with van der Waals surface area (Å²) in [5.74, 6) is 0.813. The summed E-state index contributed by atoms with van der Waals surface area (Å²) in [4.78, 5) is 20.8.